The summed E-state index contributed by atoms with van der Waals surface area (Å²) in [7, 11) is 3.01. The lowest BCUT2D eigenvalue weighted by Crippen LogP contribution is -2.37. The Morgan fingerprint density at radius 3 is 2.55 bits per heavy atom. The van der Waals surface area contributed by atoms with Crippen molar-refractivity contribution in [1.82, 2.24) is 9.88 Å². The van der Waals surface area contributed by atoms with Gasteiger partial charge in [0.05, 0.1) is 13.3 Å². The van der Waals surface area contributed by atoms with Crippen LogP contribution in [0.5, 0.6) is 5.75 Å². The number of pyridine rings is 1. The fourth-order valence-corrected chi connectivity index (χ4v) is 1.55. The lowest BCUT2D eigenvalue weighted by Gasteiger charge is -2.28. The topological polar surface area (TPSA) is 68.7 Å². The number of carbonyl (C=O) groups excluding carboxylic acids is 2. The molecule has 6 heteroatoms. The van der Waals surface area contributed by atoms with Gasteiger partial charge in [-0.3, -0.25) is 9.88 Å². The average molecular weight is 280 g/mol. The first-order chi connectivity index (χ1) is 9.28. The van der Waals surface area contributed by atoms with Crippen LogP contribution in [0.3, 0.4) is 0 Å². The van der Waals surface area contributed by atoms with E-state index in [1.54, 1.807) is 26.8 Å². The number of aromatic nitrogens is 1. The van der Waals surface area contributed by atoms with Crippen molar-refractivity contribution < 1.29 is 19.1 Å². The highest BCUT2D eigenvalue weighted by molar-refractivity contribution is 5.74. The SMILES string of the molecule is COc1cncc(C(C=O)N(C)C(=O)OC(C)(C)C)c1. The van der Waals surface area contributed by atoms with Gasteiger partial charge in [0.15, 0.2) is 0 Å². The summed E-state index contributed by atoms with van der Waals surface area (Å²) in [4.78, 5) is 28.5. The Morgan fingerprint density at radius 2 is 2.05 bits per heavy atom. The van der Waals surface area contributed by atoms with Gasteiger partial charge >= 0.3 is 6.09 Å². The highest BCUT2D eigenvalue weighted by Gasteiger charge is 2.26. The molecule has 0 fully saturated rings. The predicted molar refractivity (Wildman–Crippen MR) is 73.6 cm³/mol. The molecule has 0 aliphatic carbocycles. The Labute approximate surface area is 118 Å². The number of likely N-dealkylation sites (N-methyl/N-ethyl adjacent to an activating group) is 1. The maximum absolute atomic E-state index is 12.0. The van der Waals surface area contributed by atoms with Gasteiger partial charge in [-0.25, -0.2) is 4.79 Å². The number of amides is 1. The van der Waals surface area contributed by atoms with E-state index in [1.807, 2.05) is 0 Å². The van der Waals surface area contributed by atoms with E-state index in [4.69, 9.17) is 9.47 Å². The highest BCUT2D eigenvalue weighted by atomic mass is 16.6. The second kappa shape index (κ2) is 6.36. The Bertz CT molecular complexity index is 482. The molecule has 1 unspecified atom stereocenters. The van der Waals surface area contributed by atoms with Crippen molar-refractivity contribution in [3.8, 4) is 5.75 Å². The Balaban J connectivity index is 2.94. The third kappa shape index (κ3) is 4.22. The van der Waals surface area contributed by atoms with Crippen LogP contribution in [-0.2, 0) is 9.53 Å². The number of ether oxygens (including phenoxy) is 2. The largest absolute Gasteiger partial charge is 0.495 e. The van der Waals surface area contributed by atoms with Crippen molar-refractivity contribution >= 4 is 12.4 Å². The van der Waals surface area contributed by atoms with Crippen molar-refractivity contribution in [2.45, 2.75) is 32.4 Å². The first kappa shape index (κ1) is 15.9. The van der Waals surface area contributed by atoms with Gasteiger partial charge in [-0.05, 0) is 26.8 Å². The minimum atomic E-state index is -0.771. The number of nitrogens with zero attached hydrogens (tertiary/aromatic N) is 2. The minimum Gasteiger partial charge on any atom is -0.495 e. The molecule has 0 saturated carbocycles. The van der Waals surface area contributed by atoms with Gasteiger partial charge < -0.3 is 14.3 Å². The molecule has 0 aliphatic heterocycles. The molecule has 0 aliphatic rings. The normalized spacial score (nSPS) is 12.4. The lowest BCUT2D eigenvalue weighted by atomic mass is 10.1. The van der Waals surface area contributed by atoms with Crippen molar-refractivity contribution in [2.24, 2.45) is 0 Å². The van der Waals surface area contributed by atoms with E-state index >= 15 is 0 Å². The first-order valence-corrected chi connectivity index (χ1v) is 6.18. The van der Waals surface area contributed by atoms with Crippen LogP contribution in [0, 0.1) is 0 Å². The number of hydrogen-bond donors (Lipinski definition) is 0. The zero-order valence-electron chi connectivity index (χ0n) is 12.4. The minimum absolute atomic E-state index is 0.520. The number of hydrogen-bond acceptors (Lipinski definition) is 5. The van der Waals surface area contributed by atoms with Gasteiger partial charge in [0.25, 0.3) is 0 Å². The van der Waals surface area contributed by atoms with Gasteiger partial charge in [-0.15, -0.1) is 0 Å². The van der Waals surface area contributed by atoms with Crippen LogP contribution >= 0.6 is 0 Å². The molecule has 110 valence electrons. The van der Waals surface area contributed by atoms with Crippen LogP contribution < -0.4 is 4.74 Å². The van der Waals surface area contributed by atoms with Gasteiger partial charge in [0.2, 0.25) is 0 Å². The molecule has 0 N–H and O–H groups in total. The molecular formula is C14H20N2O4. The zero-order chi connectivity index (χ0) is 15.3. The van der Waals surface area contributed by atoms with Gasteiger partial charge in [-0.2, -0.15) is 0 Å². The standard InChI is InChI=1S/C14H20N2O4/c1-14(2,3)20-13(18)16(4)12(9-17)10-6-11(19-5)8-15-7-10/h6-9,12H,1-5H3. The molecule has 1 heterocycles. The summed E-state index contributed by atoms with van der Waals surface area (Å²) in [6.07, 6.45) is 3.14. The maximum atomic E-state index is 12.0. The maximum Gasteiger partial charge on any atom is 0.410 e. The fourth-order valence-electron chi connectivity index (χ4n) is 1.55. The van der Waals surface area contributed by atoms with Crippen molar-refractivity contribution in [1.29, 1.82) is 0 Å². The van der Waals surface area contributed by atoms with E-state index in [0.29, 0.717) is 17.6 Å². The molecule has 1 rings (SSSR count). The van der Waals surface area contributed by atoms with E-state index in [9.17, 15) is 9.59 Å². The molecule has 0 saturated heterocycles. The quantitative estimate of drug-likeness (QED) is 0.791. The number of aldehydes is 1. The summed E-state index contributed by atoms with van der Waals surface area (Å²) in [6.45, 7) is 5.30. The highest BCUT2D eigenvalue weighted by Crippen LogP contribution is 2.22. The molecule has 1 aromatic heterocycles. The van der Waals surface area contributed by atoms with Crippen LogP contribution in [0.25, 0.3) is 0 Å². The summed E-state index contributed by atoms with van der Waals surface area (Å²) >= 11 is 0. The Morgan fingerprint density at radius 1 is 1.40 bits per heavy atom. The summed E-state index contributed by atoms with van der Waals surface area (Å²) in [5.74, 6) is 0.520. The molecule has 20 heavy (non-hydrogen) atoms. The third-order valence-corrected chi connectivity index (χ3v) is 2.54. The van der Waals surface area contributed by atoms with Crippen LogP contribution in [0.2, 0.25) is 0 Å². The average Bonchev–Trinajstić information content (AvgIpc) is 2.37. The van der Waals surface area contributed by atoms with Crippen LogP contribution in [-0.4, -0.2) is 42.0 Å². The van der Waals surface area contributed by atoms with E-state index in [1.165, 1.54) is 31.5 Å². The molecular weight excluding hydrogens is 260 g/mol. The van der Waals surface area contributed by atoms with E-state index in [0.717, 1.165) is 0 Å². The van der Waals surface area contributed by atoms with Gasteiger partial charge in [0.1, 0.15) is 23.7 Å². The van der Waals surface area contributed by atoms with Gasteiger partial charge in [0, 0.05) is 18.8 Å². The van der Waals surface area contributed by atoms with E-state index in [-0.39, 0.29) is 0 Å². The molecule has 1 amide bonds. The second-order valence-electron chi connectivity index (χ2n) is 5.33. The summed E-state index contributed by atoms with van der Waals surface area (Å²) in [6, 6.07) is 0.889. The Kier molecular flexibility index (Phi) is 5.07. The third-order valence-electron chi connectivity index (χ3n) is 2.54. The smallest absolute Gasteiger partial charge is 0.410 e. The Hall–Kier alpha value is -2.11. The van der Waals surface area contributed by atoms with Crippen molar-refractivity contribution in [3.63, 3.8) is 0 Å². The molecule has 0 aromatic carbocycles. The number of methoxy groups -OCH3 is 1. The first-order valence-electron chi connectivity index (χ1n) is 6.18. The van der Waals surface area contributed by atoms with Crippen LogP contribution in [0.15, 0.2) is 18.5 Å². The summed E-state index contributed by atoms with van der Waals surface area (Å²) in [5.41, 5.74) is -0.0569. The molecule has 1 aromatic rings. The molecule has 0 spiro atoms. The van der Waals surface area contributed by atoms with Gasteiger partial charge in [-0.1, -0.05) is 0 Å². The summed E-state index contributed by atoms with van der Waals surface area (Å²) < 4.78 is 10.3. The predicted octanol–water partition coefficient (Wildman–Crippen LogP) is 2.20. The number of rotatable bonds is 4. The van der Waals surface area contributed by atoms with E-state index in [2.05, 4.69) is 4.98 Å². The van der Waals surface area contributed by atoms with E-state index < -0.39 is 17.7 Å². The molecule has 0 radical (unpaired) electrons. The van der Waals surface area contributed by atoms with Crippen LogP contribution in [0.1, 0.15) is 32.4 Å². The molecule has 0 bridgehead atoms. The van der Waals surface area contributed by atoms with Crippen LogP contribution in [0.4, 0.5) is 4.79 Å². The molecule has 6 nitrogen and oxygen atoms in total. The zero-order valence-corrected chi connectivity index (χ0v) is 12.4. The summed E-state index contributed by atoms with van der Waals surface area (Å²) in [5, 5.41) is 0. The van der Waals surface area contributed by atoms with Crippen molar-refractivity contribution in [2.75, 3.05) is 14.2 Å². The monoisotopic (exact) mass is 280 g/mol. The fraction of sp³-hybridized carbons (Fsp3) is 0.500. The number of carbonyl (C=O) groups is 2. The second-order valence-corrected chi connectivity index (χ2v) is 5.33. The molecule has 1 atom stereocenters. The van der Waals surface area contributed by atoms with Crippen molar-refractivity contribution in [3.05, 3.63) is 24.0 Å². The lowest BCUT2D eigenvalue weighted by molar-refractivity contribution is -0.112.